The molecular formula is C10H13ClN2O2. The van der Waals surface area contributed by atoms with Gasteiger partial charge in [0.2, 0.25) is 0 Å². The Labute approximate surface area is 93.4 Å². The number of carbonyl (C=O) groups excluding carboxylic acids is 1. The number of amides is 1. The summed E-state index contributed by atoms with van der Waals surface area (Å²) in [6.45, 7) is 0.872. The maximum atomic E-state index is 11.1. The van der Waals surface area contributed by atoms with Gasteiger partial charge in [0.25, 0.3) is 5.91 Å². The Morgan fingerprint density at radius 1 is 1.40 bits per heavy atom. The van der Waals surface area contributed by atoms with Crippen molar-refractivity contribution in [3.05, 3.63) is 29.3 Å². The van der Waals surface area contributed by atoms with Crippen LogP contribution in [0.4, 0.5) is 0 Å². The smallest absolute Gasteiger partial charge is 0.257 e. The standard InChI is InChI=1S/C10H13ClN2O2/c11-8-1-3-9(4-2-8)15-7-10(14)13-6-5-12/h1-4H,5-7,12H2,(H,13,14). The second-order valence-corrected chi connectivity index (χ2v) is 3.32. The molecule has 0 unspecified atom stereocenters. The van der Waals surface area contributed by atoms with Crippen molar-refractivity contribution in [2.24, 2.45) is 5.73 Å². The molecule has 0 spiro atoms. The maximum Gasteiger partial charge on any atom is 0.257 e. The van der Waals surface area contributed by atoms with Crippen molar-refractivity contribution in [3.63, 3.8) is 0 Å². The summed E-state index contributed by atoms with van der Waals surface area (Å²) in [4.78, 5) is 11.1. The minimum absolute atomic E-state index is 0.0123. The molecule has 0 aromatic heterocycles. The van der Waals surface area contributed by atoms with Gasteiger partial charge in [-0.1, -0.05) is 11.6 Å². The van der Waals surface area contributed by atoms with Crippen LogP contribution >= 0.6 is 11.6 Å². The van der Waals surface area contributed by atoms with E-state index < -0.39 is 0 Å². The van der Waals surface area contributed by atoms with Gasteiger partial charge in [-0.15, -0.1) is 0 Å². The summed E-state index contributed by atoms with van der Waals surface area (Å²) in [5.74, 6) is 0.428. The van der Waals surface area contributed by atoms with Gasteiger partial charge in [-0.3, -0.25) is 4.79 Å². The highest BCUT2D eigenvalue weighted by atomic mass is 35.5. The average Bonchev–Trinajstić information content (AvgIpc) is 2.25. The van der Waals surface area contributed by atoms with Crippen molar-refractivity contribution in [1.29, 1.82) is 0 Å². The molecule has 0 fully saturated rings. The first-order chi connectivity index (χ1) is 7.22. The normalized spacial score (nSPS) is 9.73. The zero-order chi connectivity index (χ0) is 11.1. The van der Waals surface area contributed by atoms with Crippen LogP contribution in [0, 0.1) is 0 Å². The van der Waals surface area contributed by atoms with Gasteiger partial charge in [-0.2, -0.15) is 0 Å². The van der Waals surface area contributed by atoms with Gasteiger partial charge in [-0.25, -0.2) is 0 Å². The van der Waals surface area contributed by atoms with Crippen molar-refractivity contribution in [2.75, 3.05) is 19.7 Å². The van der Waals surface area contributed by atoms with Crippen LogP contribution in [0.25, 0.3) is 0 Å². The number of ether oxygens (including phenoxy) is 1. The summed E-state index contributed by atoms with van der Waals surface area (Å²) in [7, 11) is 0. The minimum Gasteiger partial charge on any atom is -0.484 e. The van der Waals surface area contributed by atoms with E-state index in [1.54, 1.807) is 24.3 Å². The second-order valence-electron chi connectivity index (χ2n) is 2.88. The van der Waals surface area contributed by atoms with E-state index in [1.165, 1.54) is 0 Å². The highest BCUT2D eigenvalue weighted by Gasteiger charge is 2.00. The number of carbonyl (C=O) groups is 1. The zero-order valence-corrected chi connectivity index (χ0v) is 8.96. The summed E-state index contributed by atoms with van der Waals surface area (Å²) < 4.78 is 5.21. The molecule has 0 bridgehead atoms. The van der Waals surface area contributed by atoms with E-state index in [4.69, 9.17) is 22.1 Å². The summed E-state index contributed by atoms with van der Waals surface area (Å²) >= 11 is 5.69. The molecule has 0 radical (unpaired) electrons. The van der Waals surface area contributed by atoms with E-state index in [1.807, 2.05) is 0 Å². The molecule has 5 heteroatoms. The van der Waals surface area contributed by atoms with Crippen molar-refractivity contribution in [1.82, 2.24) is 5.32 Å². The molecule has 15 heavy (non-hydrogen) atoms. The molecule has 1 amide bonds. The quantitative estimate of drug-likeness (QED) is 0.784. The van der Waals surface area contributed by atoms with Gasteiger partial charge in [0.1, 0.15) is 5.75 Å². The molecule has 0 saturated heterocycles. The van der Waals surface area contributed by atoms with Crippen molar-refractivity contribution < 1.29 is 9.53 Å². The van der Waals surface area contributed by atoms with Crippen LogP contribution in [0.2, 0.25) is 5.02 Å². The molecule has 4 nitrogen and oxygen atoms in total. The van der Waals surface area contributed by atoms with Gasteiger partial charge in [0, 0.05) is 18.1 Å². The molecule has 0 aliphatic carbocycles. The maximum absolute atomic E-state index is 11.1. The predicted octanol–water partition coefficient (Wildman–Crippen LogP) is 0.794. The van der Waals surface area contributed by atoms with Crippen LogP contribution in [0.3, 0.4) is 0 Å². The molecule has 1 aromatic rings. The third kappa shape index (κ3) is 4.67. The van der Waals surface area contributed by atoms with Gasteiger partial charge < -0.3 is 15.8 Å². The fourth-order valence-electron chi connectivity index (χ4n) is 0.942. The van der Waals surface area contributed by atoms with E-state index in [2.05, 4.69) is 5.32 Å². The lowest BCUT2D eigenvalue weighted by Gasteiger charge is -2.06. The summed E-state index contributed by atoms with van der Waals surface area (Å²) in [6.07, 6.45) is 0. The molecule has 0 atom stereocenters. The Kier molecular flexibility index (Phi) is 4.93. The third-order valence-corrected chi connectivity index (χ3v) is 1.90. The van der Waals surface area contributed by atoms with Crippen molar-refractivity contribution in [3.8, 4) is 5.75 Å². The monoisotopic (exact) mass is 228 g/mol. The third-order valence-electron chi connectivity index (χ3n) is 1.65. The molecule has 82 valence electrons. The molecule has 0 saturated carbocycles. The summed E-state index contributed by atoms with van der Waals surface area (Å²) in [5.41, 5.74) is 5.23. The lowest BCUT2D eigenvalue weighted by Crippen LogP contribution is -2.32. The Balaban J connectivity index is 2.30. The molecular weight excluding hydrogens is 216 g/mol. The fourth-order valence-corrected chi connectivity index (χ4v) is 1.07. The highest BCUT2D eigenvalue weighted by molar-refractivity contribution is 6.30. The van der Waals surface area contributed by atoms with E-state index in [0.29, 0.717) is 23.9 Å². The predicted molar refractivity (Wildman–Crippen MR) is 59.0 cm³/mol. The van der Waals surface area contributed by atoms with E-state index in [9.17, 15) is 4.79 Å². The Morgan fingerprint density at radius 3 is 2.67 bits per heavy atom. The second kappa shape index (κ2) is 6.27. The molecule has 0 aliphatic rings. The van der Waals surface area contributed by atoms with Crippen LogP contribution in [-0.2, 0) is 4.79 Å². The van der Waals surface area contributed by atoms with Crippen LogP contribution in [0.15, 0.2) is 24.3 Å². The highest BCUT2D eigenvalue weighted by Crippen LogP contribution is 2.15. The molecule has 3 N–H and O–H groups in total. The Hall–Kier alpha value is -1.26. The van der Waals surface area contributed by atoms with Gasteiger partial charge in [0.05, 0.1) is 0 Å². The number of halogens is 1. The van der Waals surface area contributed by atoms with E-state index in [0.717, 1.165) is 0 Å². The first-order valence-electron chi connectivity index (χ1n) is 4.57. The van der Waals surface area contributed by atoms with Crippen molar-refractivity contribution >= 4 is 17.5 Å². The molecule has 1 aromatic carbocycles. The van der Waals surface area contributed by atoms with Gasteiger partial charge >= 0.3 is 0 Å². The SMILES string of the molecule is NCCNC(=O)COc1ccc(Cl)cc1. The minimum atomic E-state index is -0.185. The number of nitrogens with one attached hydrogen (secondary N) is 1. The van der Waals surface area contributed by atoms with Crippen LogP contribution in [-0.4, -0.2) is 25.6 Å². The average molecular weight is 229 g/mol. The summed E-state index contributed by atoms with van der Waals surface area (Å²) in [5, 5.41) is 3.23. The molecule has 0 aliphatic heterocycles. The number of rotatable bonds is 5. The number of hydrogen-bond acceptors (Lipinski definition) is 3. The van der Waals surface area contributed by atoms with E-state index >= 15 is 0 Å². The van der Waals surface area contributed by atoms with Crippen LogP contribution in [0.5, 0.6) is 5.75 Å². The Bertz CT molecular complexity index is 314. The van der Waals surface area contributed by atoms with Gasteiger partial charge in [-0.05, 0) is 24.3 Å². The fraction of sp³-hybridized carbons (Fsp3) is 0.300. The lowest BCUT2D eigenvalue weighted by atomic mass is 10.3. The lowest BCUT2D eigenvalue weighted by molar-refractivity contribution is -0.123. The topological polar surface area (TPSA) is 64.3 Å². The number of nitrogens with two attached hydrogens (primary N) is 1. The molecule has 1 rings (SSSR count). The largest absolute Gasteiger partial charge is 0.484 e. The first-order valence-corrected chi connectivity index (χ1v) is 4.95. The van der Waals surface area contributed by atoms with Crippen LogP contribution in [0.1, 0.15) is 0 Å². The zero-order valence-electron chi connectivity index (χ0n) is 8.20. The van der Waals surface area contributed by atoms with Gasteiger partial charge in [0.15, 0.2) is 6.61 Å². The summed E-state index contributed by atoms with van der Waals surface area (Å²) in [6, 6.07) is 6.82. The number of benzene rings is 1. The Morgan fingerprint density at radius 2 is 2.07 bits per heavy atom. The first kappa shape index (κ1) is 11.8. The van der Waals surface area contributed by atoms with Crippen LogP contribution < -0.4 is 15.8 Å². The van der Waals surface area contributed by atoms with E-state index in [-0.39, 0.29) is 12.5 Å². The molecule has 0 heterocycles. The number of hydrogen-bond donors (Lipinski definition) is 2. The van der Waals surface area contributed by atoms with Crippen molar-refractivity contribution in [2.45, 2.75) is 0 Å².